The molecule has 1 fully saturated rings. The van der Waals surface area contributed by atoms with Gasteiger partial charge in [0.15, 0.2) is 5.13 Å². The number of piperazine rings is 1. The maximum absolute atomic E-state index is 12.7. The Bertz CT molecular complexity index is 1200. The second-order valence-electron chi connectivity index (χ2n) is 7.87. The minimum Gasteiger partial charge on any atom is -0.345 e. The maximum atomic E-state index is 12.7. The van der Waals surface area contributed by atoms with Crippen LogP contribution in [0.3, 0.4) is 0 Å². The third-order valence-electron chi connectivity index (χ3n) is 5.66. The molecule has 0 aliphatic carbocycles. The van der Waals surface area contributed by atoms with E-state index >= 15 is 0 Å². The average molecular weight is 429 g/mol. The minimum atomic E-state index is -0.109. The Kier molecular flexibility index (Phi) is 5.40. The van der Waals surface area contributed by atoms with Gasteiger partial charge in [0.05, 0.1) is 10.2 Å². The highest BCUT2D eigenvalue weighted by molar-refractivity contribution is 7.22. The number of carbonyl (C=O) groups is 1. The molecule has 1 amide bonds. The average Bonchev–Trinajstić information content (AvgIpc) is 3.23. The lowest BCUT2D eigenvalue weighted by molar-refractivity contribution is 0.102. The molecular formula is C25H24N4OS. The fraction of sp³-hybridized carbons (Fsp3) is 0.200. The molecule has 1 saturated heterocycles. The van der Waals surface area contributed by atoms with Crippen LogP contribution in [0.5, 0.6) is 0 Å². The lowest BCUT2D eigenvalue weighted by Gasteiger charge is -2.31. The molecule has 6 heteroatoms. The van der Waals surface area contributed by atoms with Gasteiger partial charge in [0.2, 0.25) is 0 Å². The summed E-state index contributed by atoms with van der Waals surface area (Å²) in [6.45, 7) is 4.11. The summed E-state index contributed by atoms with van der Waals surface area (Å²) in [5, 5.41) is 4.08. The van der Waals surface area contributed by atoms with E-state index < -0.39 is 0 Å². The molecule has 2 heterocycles. The number of aromatic nitrogens is 1. The Morgan fingerprint density at radius 3 is 2.35 bits per heavy atom. The van der Waals surface area contributed by atoms with Gasteiger partial charge >= 0.3 is 0 Å². The second-order valence-corrected chi connectivity index (χ2v) is 8.88. The standard InChI is InChI=1S/C25H24N4OS/c1-28-13-15-29(16-14-28)25-27-22-12-11-21(17-23(22)31-25)26-24(30)20-9-7-19(8-10-20)18-5-3-2-4-6-18/h2-12,17H,13-16H2,1H3,(H,26,30). The molecule has 31 heavy (non-hydrogen) atoms. The molecule has 1 aromatic heterocycles. The van der Waals surface area contributed by atoms with Gasteiger partial charge in [0.1, 0.15) is 0 Å². The van der Waals surface area contributed by atoms with Crippen molar-refractivity contribution in [3.8, 4) is 11.1 Å². The first-order valence-electron chi connectivity index (χ1n) is 10.5. The van der Waals surface area contributed by atoms with Crippen molar-refractivity contribution in [3.63, 3.8) is 0 Å². The third kappa shape index (κ3) is 4.31. The Hall–Kier alpha value is -3.22. The van der Waals surface area contributed by atoms with Crippen molar-refractivity contribution >= 4 is 38.3 Å². The first kappa shape index (κ1) is 19.7. The lowest BCUT2D eigenvalue weighted by atomic mass is 10.0. The van der Waals surface area contributed by atoms with Crippen LogP contribution in [0, 0.1) is 0 Å². The van der Waals surface area contributed by atoms with Crippen LogP contribution in [-0.4, -0.2) is 49.0 Å². The summed E-state index contributed by atoms with van der Waals surface area (Å²) in [6, 6.07) is 23.8. The van der Waals surface area contributed by atoms with Crippen LogP contribution in [0.4, 0.5) is 10.8 Å². The van der Waals surface area contributed by atoms with Crippen LogP contribution in [0.15, 0.2) is 72.8 Å². The number of nitrogens with zero attached hydrogens (tertiary/aromatic N) is 3. The van der Waals surface area contributed by atoms with Gasteiger partial charge in [-0.2, -0.15) is 0 Å². The largest absolute Gasteiger partial charge is 0.345 e. The third-order valence-corrected chi connectivity index (χ3v) is 6.74. The molecule has 0 atom stereocenters. The summed E-state index contributed by atoms with van der Waals surface area (Å²) in [5.74, 6) is -0.109. The van der Waals surface area contributed by atoms with Crippen LogP contribution in [0.25, 0.3) is 21.3 Å². The molecule has 4 aromatic rings. The van der Waals surface area contributed by atoms with Crippen LogP contribution >= 0.6 is 11.3 Å². The molecular weight excluding hydrogens is 404 g/mol. The van der Waals surface area contributed by atoms with Crippen LogP contribution in [0.1, 0.15) is 10.4 Å². The van der Waals surface area contributed by atoms with Crippen molar-refractivity contribution in [1.82, 2.24) is 9.88 Å². The molecule has 0 saturated carbocycles. The number of carbonyl (C=O) groups excluding carboxylic acids is 1. The quantitative estimate of drug-likeness (QED) is 0.499. The predicted octanol–water partition coefficient (Wildman–Crippen LogP) is 4.97. The van der Waals surface area contributed by atoms with Crippen LogP contribution < -0.4 is 10.2 Å². The van der Waals surface area contributed by atoms with Gasteiger partial charge in [-0.15, -0.1) is 0 Å². The summed E-state index contributed by atoms with van der Waals surface area (Å²) < 4.78 is 1.09. The number of benzene rings is 3. The van der Waals surface area contributed by atoms with E-state index in [9.17, 15) is 4.79 Å². The zero-order valence-corrected chi connectivity index (χ0v) is 18.2. The number of nitrogens with one attached hydrogen (secondary N) is 1. The summed E-state index contributed by atoms with van der Waals surface area (Å²) in [4.78, 5) is 22.2. The van der Waals surface area contributed by atoms with E-state index in [1.54, 1.807) is 11.3 Å². The maximum Gasteiger partial charge on any atom is 0.255 e. The number of amides is 1. The van der Waals surface area contributed by atoms with E-state index in [0.29, 0.717) is 5.56 Å². The van der Waals surface area contributed by atoms with E-state index in [2.05, 4.69) is 34.3 Å². The first-order chi connectivity index (χ1) is 15.2. The lowest BCUT2D eigenvalue weighted by Crippen LogP contribution is -2.44. The molecule has 1 aliphatic heterocycles. The highest BCUT2D eigenvalue weighted by Gasteiger charge is 2.18. The van der Waals surface area contributed by atoms with Crippen LogP contribution in [0.2, 0.25) is 0 Å². The zero-order chi connectivity index (χ0) is 21.2. The Labute approximate surface area is 186 Å². The topological polar surface area (TPSA) is 48.5 Å². The van der Waals surface area contributed by atoms with Crippen molar-refractivity contribution in [2.75, 3.05) is 43.4 Å². The van der Waals surface area contributed by atoms with E-state index in [1.165, 1.54) is 0 Å². The summed E-state index contributed by atoms with van der Waals surface area (Å²) in [5.41, 5.74) is 4.64. The monoisotopic (exact) mass is 428 g/mol. The first-order valence-corrected chi connectivity index (χ1v) is 11.3. The van der Waals surface area contributed by atoms with Gasteiger partial charge in [0.25, 0.3) is 5.91 Å². The summed E-state index contributed by atoms with van der Waals surface area (Å²) in [7, 11) is 2.15. The van der Waals surface area contributed by atoms with Crippen molar-refractivity contribution in [2.24, 2.45) is 0 Å². The smallest absolute Gasteiger partial charge is 0.255 e. The predicted molar refractivity (Wildman–Crippen MR) is 129 cm³/mol. The molecule has 0 spiro atoms. The van der Waals surface area contributed by atoms with Crippen molar-refractivity contribution in [3.05, 3.63) is 78.4 Å². The SMILES string of the molecule is CN1CCN(c2nc3ccc(NC(=O)c4ccc(-c5ccccc5)cc4)cc3s2)CC1. The molecule has 156 valence electrons. The van der Waals surface area contributed by atoms with Crippen molar-refractivity contribution in [1.29, 1.82) is 0 Å². The second kappa shape index (κ2) is 8.49. The summed E-state index contributed by atoms with van der Waals surface area (Å²) in [6.07, 6.45) is 0. The van der Waals surface area contributed by atoms with Gasteiger partial charge in [-0.1, -0.05) is 53.8 Å². The number of hydrogen-bond donors (Lipinski definition) is 1. The minimum absolute atomic E-state index is 0.109. The molecule has 1 N–H and O–H groups in total. The fourth-order valence-corrected chi connectivity index (χ4v) is 4.83. The molecule has 0 radical (unpaired) electrons. The molecule has 0 bridgehead atoms. The van der Waals surface area contributed by atoms with E-state index in [4.69, 9.17) is 4.98 Å². The molecule has 5 nitrogen and oxygen atoms in total. The number of likely N-dealkylation sites (N-methyl/N-ethyl adjacent to an activating group) is 1. The Morgan fingerprint density at radius 1 is 0.903 bits per heavy atom. The van der Waals surface area contributed by atoms with Gasteiger partial charge in [0, 0.05) is 37.4 Å². The highest BCUT2D eigenvalue weighted by Crippen LogP contribution is 2.31. The van der Waals surface area contributed by atoms with Gasteiger partial charge in [-0.05, 0) is 48.5 Å². The number of rotatable bonds is 4. The molecule has 3 aromatic carbocycles. The van der Waals surface area contributed by atoms with Crippen molar-refractivity contribution < 1.29 is 4.79 Å². The van der Waals surface area contributed by atoms with E-state index in [1.807, 2.05) is 60.7 Å². The molecule has 0 unspecified atom stereocenters. The van der Waals surface area contributed by atoms with E-state index in [-0.39, 0.29) is 5.91 Å². The highest BCUT2D eigenvalue weighted by atomic mass is 32.1. The van der Waals surface area contributed by atoms with Gasteiger partial charge in [-0.3, -0.25) is 4.79 Å². The number of hydrogen-bond acceptors (Lipinski definition) is 5. The van der Waals surface area contributed by atoms with Gasteiger partial charge in [-0.25, -0.2) is 4.98 Å². The Balaban J connectivity index is 1.30. The number of anilines is 2. The van der Waals surface area contributed by atoms with Gasteiger partial charge < -0.3 is 15.1 Å². The van der Waals surface area contributed by atoms with E-state index in [0.717, 1.165) is 58.3 Å². The Morgan fingerprint density at radius 2 is 1.61 bits per heavy atom. The number of fused-ring (bicyclic) bond motifs is 1. The van der Waals surface area contributed by atoms with Crippen LogP contribution in [-0.2, 0) is 0 Å². The normalized spacial score (nSPS) is 14.7. The zero-order valence-electron chi connectivity index (χ0n) is 17.4. The number of thiazole rings is 1. The fourth-order valence-electron chi connectivity index (χ4n) is 3.77. The molecule has 1 aliphatic rings. The molecule has 5 rings (SSSR count). The summed E-state index contributed by atoms with van der Waals surface area (Å²) >= 11 is 1.69. The van der Waals surface area contributed by atoms with Crippen molar-refractivity contribution in [2.45, 2.75) is 0 Å².